The van der Waals surface area contributed by atoms with Gasteiger partial charge in [0.25, 0.3) is 5.56 Å². The van der Waals surface area contributed by atoms with E-state index >= 15 is 0 Å². The maximum Gasteiger partial charge on any atom is 0.283 e. The minimum atomic E-state index is -0.110. The summed E-state index contributed by atoms with van der Waals surface area (Å²) in [5.41, 5.74) is 1.20. The van der Waals surface area contributed by atoms with Crippen molar-refractivity contribution in [2.45, 2.75) is 32.2 Å². The predicted molar refractivity (Wildman–Crippen MR) is 79.3 cm³/mol. The standard InChI is InChI=1S/C14H18BrN3O/c1-2-7-18-13(19)12(15)11(8-17-18)16-9-14(5-6-14)10-3-4-10/h2,8,10,16H,1,3-7,9H2. The Bertz CT molecular complexity index is 558. The highest BCUT2D eigenvalue weighted by Gasteiger charge is 2.53. The van der Waals surface area contributed by atoms with Crippen molar-refractivity contribution in [2.75, 3.05) is 11.9 Å². The molecule has 5 heteroatoms. The Labute approximate surface area is 121 Å². The van der Waals surface area contributed by atoms with Gasteiger partial charge in [0, 0.05) is 6.54 Å². The zero-order valence-electron chi connectivity index (χ0n) is 10.9. The highest BCUT2D eigenvalue weighted by molar-refractivity contribution is 9.10. The largest absolute Gasteiger partial charge is 0.382 e. The fourth-order valence-electron chi connectivity index (χ4n) is 2.70. The second-order valence-corrected chi connectivity index (χ2v) is 6.43. The quantitative estimate of drug-likeness (QED) is 0.819. The molecule has 4 nitrogen and oxygen atoms in total. The van der Waals surface area contributed by atoms with Gasteiger partial charge in [-0.2, -0.15) is 5.10 Å². The van der Waals surface area contributed by atoms with Crippen LogP contribution in [0.4, 0.5) is 5.69 Å². The molecule has 2 saturated carbocycles. The van der Waals surface area contributed by atoms with Crippen LogP contribution in [0, 0.1) is 11.3 Å². The van der Waals surface area contributed by atoms with Gasteiger partial charge >= 0.3 is 0 Å². The van der Waals surface area contributed by atoms with Crippen LogP contribution in [0.2, 0.25) is 0 Å². The van der Waals surface area contributed by atoms with Gasteiger partial charge in [-0.15, -0.1) is 6.58 Å². The predicted octanol–water partition coefficient (Wildman–Crippen LogP) is 2.79. The summed E-state index contributed by atoms with van der Waals surface area (Å²) in [5.74, 6) is 0.910. The average molecular weight is 324 g/mol. The zero-order chi connectivity index (χ0) is 13.5. The molecule has 2 aliphatic rings. The van der Waals surface area contributed by atoms with Crippen LogP contribution in [-0.2, 0) is 6.54 Å². The Hall–Kier alpha value is -1.10. The van der Waals surface area contributed by atoms with Crippen molar-refractivity contribution in [1.82, 2.24) is 9.78 Å². The van der Waals surface area contributed by atoms with Gasteiger partial charge in [0.2, 0.25) is 0 Å². The smallest absolute Gasteiger partial charge is 0.283 e. The zero-order valence-corrected chi connectivity index (χ0v) is 12.4. The van der Waals surface area contributed by atoms with Crippen molar-refractivity contribution in [3.05, 3.63) is 33.7 Å². The summed E-state index contributed by atoms with van der Waals surface area (Å²) >= 11 is 3.37. The van der Waals surface area contributed by atoms with Crippen LogP contribution in [0.3, 0.4) is 0 Å². The van der Waals surface area contributed by atoms with Crippen molar-refractivity contribution in [1.29, 1.82) is 0 Å². The number of hydrogen-bond acceptors (Lipinski definition) is 3. The normalized spacial score (nSPS) is 20.1. The topological polar surface area (TPSA) is 46.9 Å². The van der Waals surface area contributed by atoms with E-state index in [0.717, 1.165) is 18.2 Å². The molecule has 2 fully saturated rings. The molecule has 0 atom stereocenters. The van der Waals surface area contributed by atoms with Gasteiger partial charge in [0.15, 0.2) is 0 Å². The van der Waals surface area contributed by atoms with Crippen LogP contribution in [0.1, 0.15) is 25.7 Å². The molecule has 0 spiro atoms. The molecule has 1 aromatic rings. The molecule has 1 heterocycles. The third-order valence-electron chi connectivity index (χ3n) is 4.25. The lowest BCUT2D eigenvalue weighted by molar-refractivity contribution is 0.466. The highest BCUT2D eigenvalue weighted by Crippen LogP contribution is 2.61. The van der Waals surface area contributed by atoms with E-state index in [9.17, 15) is 4.79 Å². The monoisotopic (exact) mass is 323 g/mol. The number of nitrogens with zero attached hydrogens (tertiary/aromatic N) is 2. The first-order chi connectivity index (χ1) is 9.16. The second kappa shape index (κ2) is 4.78. The number of halogens is 1. The van der Waals surface area contributed by atoms with Gasteiger partial charge in [-0.1, -0.05) is 6.08 Å². The molecule has 1 aromatic heterocycles. The summed E-state index contributed by atoms with van der Waals surface area (Å²) < 4.78 is 1.96. The van der Waals surface area contributed by atoms with Gasteiger partial charge in [0.1, 0.15) is 4.47 Å². The van der Waals surface area contributed by atoms with Crippen LogP contribution < -0.4 is 10.9 Å². The summed E-state index contributed by atoms with van der Waals surface area (Å²) in [6.45, 7) is 5.02. The SMILES string of the molecule is C=CCn1ncc(NCC2(C3CC3)CC2)c(Br)c1=O. The Morgan fingerprint density at radius 2 is 2.32 bits per heavy atom. The summed E-state index contributed by atoms with van der Waals surface area (Å²) in [6, 6.07) is 0. The van der Waals surface area contributed by atoms with E-state index in [1.807, 2.05) is 0 Å². The molecule has 0 amide bonds. The number of allylic oxidation sites excluding steroid dienone is 1. The number of hydrogen-bond donors (Lipinski definition) is 1. The van der Waals surface area contributed by atoms with E-state index in [4.69, 9.17) is 0 Å². The molecule has 0 radical (unpaired) electrons. The fourth-order valence-corrected chi connectivity index (χ4v) is 3.14. The van der Waals surface area contributed by atoms with E-state index in [1.54, 1.807) is 12.3 Å². The van der Waals surface area contributed by atoms with E-state index in [-0.39, 0.29) is 5.56 Å². The van der Waals surface area contributed by atoms with E-state index in [0.29, 0.717) is 16.4 Å². The number of rotatable bonds is 6. The Balaban J connectivity index is 1.72. The minimum absolute atomic E-state index is 0.110. The first-order valence-corrected chi connectivity index (χ1v) is 7.56. The number of nitrogens with one attached hydrogen (secondary N) is 1. The van der Waals surface area contributed by atoms with E-state index in [1.165, 1.54) is 30.4 Å². The van der Waals surface area contributed by atoms with Crippen LogP contribution in [0.15, 0.2) is 28.1 Å². The highest BCUT2D eigenvalue weighted by atomic mass is 79.9. The third kappa shape index (κ3) is 2.48. The first-order valence-electron chi connectivity index (χ1n) is 6.77. The fraction of sp³-hybridized carbons (Fsp3) is 0.571. The molecule has 3 rings (SSSR count). The average Bonchev–Trinajstić information content (AvgIpc) is 3.27. The summed E-state index contributed by atoms with van der Waals surface area (Å²) in [6.07, 6.45) is 8.79. The van der Waals surface area contributed by atoms with Gasteiger partial charge < -0.3 is 5.32 Å². The van der Waals surface area contributed by atoms with Crippen molar-refractivity contribution in [2.24, 2.45) is 11.3 Å². The molecular formula is C14H18BrN3O. The lowest BCUT2D eigenvalue weighted by Gasteiger charge is -2.16. The molecular weight excluding hydrogens is 306 g/mol. The maximum atomic E-state index is 12.0. The number of aromatic nitrogens is 2. The first kappa shape index (κ1) is 12.9. The molecule has 19 heavy (non-hydrogen) atoms. The minimum Gasteiger partial charge on any atom is -0.382 e. The van der Waals surface area contributed by atoms with Crippen molar-refractivity contribution < 1.29 is 0 Å². The molecule has 0 aliphatic heterocycles. The Morgan fingerprint density at radius 1 is 1.58 bits per heavy atom. The molecule has 2 aliphatic carbocycles. The van der Waals surface area contributed by atoms with E-state index in [2.05, 4.69) is 32.9 Å². The van der Waals surface area contributed by atoms with Crippen LogP contribution in [0.25, 0.3) is 0 Å². The second-order valence-electron chi connectivity index (χ2n) is 5.64. The molecule has 0 saturated heterocycles. The molecule has 0 bridgehead atoms. The third-order valence-corrected chi connectivity index (χ3v) is 5.02. The Kier molecular flexibility index (Phi) is 3.25. The summed E-state index contributed by atoms with van der Waals surface area (Å²) in [7, 11) is 0. The maximum absolute atomic E-state index is 12.0. The van der Waals surface area contributed by atoms with Gasteiger partial charge in [-0.25, -0.2) is 4.68 Å². The van der Waals surface area contributed by atoms with Crippen LogP contribution in [-0.4, -0.2) is 16.3 Å². The number of anilines is 1. The lowest BCUT2D eigenvalue weighted by atomic mass is 10.0. The molecule has 0 unspecified atom stereocenters. The van der Waals surface area contributed by atoms with Gasteiger partial charge in [0.05, 0.1) is 18.4 Å². The molecule has 102 valence electrons. The lowest BCUT2D eigenvalue weighted by Crippen LogP contribution is -2.25. The van der Waals surface area contributed by atoms with Gasteiger partial charge in [-0.05, 0) is 52.9 Å². The van der Waals surface area contributed by atoms with Crippen LogP contribution in [0.5, 0.6) is 0 Å². The molecule has 1 N–H and O–H groups in total. The Morgan fingerprint density at radius 3 is 2.89 bits per heavy atom. The van der Waals surface area contributed by atoms with Crippen molar-refractivity contribution >= 4 is 21.6 Å². The van der Waals surface area contributed by atoms with Crippen molar-refractivity contribution in [3.63, 3.8) is 0 Å². The van der Waals surface area contributed by atoms with E-state index < -0.39 is 0 Å². The van der Waals surface area contributed by atoms with Gasteiger partial charge in [-0.3, -0.25) is 4.79 Å². The van der Waals surface area contributed by atoms with Crippen LogP contribution >= 0.6 is 15.9 Å². The summed E-state index contributed by atoms with van der Waals surface area (Å²) in [5, 5.41) is 7.55. The summed E-state index contributed by atoms with van der Waals surface area (Å²) in [4.78, 5) is 12.0. The molecule has 0 aromatic carbocycles. The van der Waals surface area contributed by atoms with Crippen molar-refractivity contribution in [3.8, 4) is 0 Å².